The third-order valence-electron chi connectivity index (χ3n) is 5.13. The molecular weight excluding hydrogens is 466 g/mol. The second-order valence-corrected chi connectivity index (χ2v) is 10.2. The standard InChI is InChI=1S/C26H25N3O3S2/c1-17(24(30)27-20-12-14-21(15-13-20)29(2)3)32-25(31)19-10-8-18(9-11-19)16-33-26-28-22-6-4-5-7-23(22)34-26/h4-15,17H,16H2,1-3H3,(H,27,30). The van der Waals surface area contributed by atoms with Gasteiger partial charge < -0.3 is 15.0 Å². The monoisotopic (exact) mass is 491 g/mol. The lowest BCUT2D eigenvalue weighted by Gasteiger charge is -2.15. The number of esters is 1. The lowest BCUT2D eigenvalue weighted by atomic mass is 10.1. The SMILES string of the molecule is CC(OC(=O)c1ccc(CSc2nc3ccccc3s2)cc1)C(=O)Nc1ccc(N(C)C)cc1. The fourth-order valence-corrected chi connectivity index (χ4v) is 5.19. The maximum atomic E-state index is 12.5. The molecule has 0 spiro atoms. The number of carbonyl (C=O) groups excluding carboxylic acids is 2. The van der Waals surface area contributed by atoms with Gasteiger partial charge in [-0.15, -0.1) is 11.3 Å². The molecular formula is C26H25N3O3S2. The highest BCUT2D eigenvalue weighted by molar-refractivity contribution is 8.00. The van der Waals surface area contributed by atoms with E-state index in [-0.39, 0.29) is 5.91 Å². The Hall–Kier alpha value is -3.36. The van der Waals surface area contributed by atoms with Crippen LogP contribution in [0, 0.1) is 0 Å². The zero-order chi connectivity index (χ0) is 24.1. The molecule has 0 bridgehead atoms. The molecule has 1 atom stereocenters. The van der Waals surface area contributed by atoms with E-state index in [4.69, 9.17) is 4.74 Å². The van der Waals surface area contributed by atoms with Gasteiger partial charge in [0.2, 0.25) is 0 Å². The molecule has 0 aliphatic rings. The molecule has 0 aliphatic heterocycles. The molecule has 0 aliphatic carbocycles. The summed E-state index contributed by atoms with van der Waals surface area (Å²) in [4.78, 5) is 31.5. The first-order chi connectivity index (χ1) is 16.4. The Bertz CT molecular complexity index is 1250. The zero-order valence-electron chi connectivity index (χ0n) is 19.1. The summed E-state index contributed by atoms with van der Waals surface area (Å²) >= 11 is 3.34. The molecule has 0 radical (unpaired) electrons. The van der Waals surface area contributed by atoms with E-state index < -0.39 is 12.1 Å². The maximum absolute atomic E-state index is 12.5. The molecule has 1 unspecified atom stereocenters. The van der Waals surface area contributed by atoms with E-state index in [9.17, 15) is 9.59 Å². The first-order valence-corrected chi connectivity index (χ1v) is 12.6. The number of rotatable bonds is 8. The van der Waals surface area contributed by atoms with Crippen molar-refractivity contribution in [3.63, 3.8) is 0 Å². The van der Waals surface area contributed by atoms with Crippen LogP contribution in [0.3, 0.4) is 0 Å². The lowest BCUT2D eigenvalue weighted by molar-refractivity contribution is -0.123. The number of fused-ring (bicyclic) bond motifs is 1. The molecule has 1 N–H and O–H groups in total. The van der Waals surface area contributed by atoms with Crippen LogP contribution in [0.4, 0.5) is 11.4 Å². The summed E-state index contributed by atoms with van der Waals surface area (Å²) in [5.74, 6) is -0.161. The summed E-state index contributed by atoms with van der Waals surface area (Å²) in [5, 5.41) is 2.77. The Labute approximate surface area is 207 Å². The van der Waals surface area contributed by atoms with Gasteiger partial charge in [0.25, 0.3) is 5.91 Å². The first-order valence-electron chi connectivity index (χ1n) is 10.8. The van der Waals surface area contributed by atoms with Gasteiger partial charge in [-0.3, -0.25) is 4.79 Å². The van der Waals surface area contributed by atoms with Crippen molar-refractivity contribution in [2.75, 3.05) is 24.3 Å². The first kappa shape index (κ1) is 23.8. The number of amides is 1. The summed E-state index contributed by atoms with van der Waals surface area (Å²) < 4.78 is 7.55. The molecule has 34 heavy (non-hydrogen) atoms. The molecule has 0 saturated heterocycles. The van der Waals surface area contributed by atoms with E-state index >= 15 is 0 Å². The van der Waals surface area contributed by atoms with E-state index in [1.54, 1.807) is 42.2 Å². The minimum absolute atomic E-state index is 0.380. The molecule has 4 aromatic rings. The van der Waals surface area contributed by atoms with Crippen molar-refractivity contribution in [2.24, 2.45) is 0 Å². The van der Waals surface area contributed by atoms with Crippen LogP contribution in [0.2, 0.25) is 0 Å². The van der Waals surface area contributed by atoms with Crippen LogP contribution >= 0.6 is 23.1 Å². The number of nitrogens with one attached hydrogen (secondary N) is 1. The largest absolute Gasteiger partial charge is 0.449 e. The topological polar surface area (TPSA) is 71.5 Å². The molecule has 1 aromatic heterocycles. The molecule has 3 aromatic carbocycles. The molecule has 8 heteroatoms. The van der Waals surface area contributed by atoms with Crippen LogP contribution in [-0.4, -0.2) is 37.1 Å². The predicted octanol–water partition coefficient (Wildman–Crippen LogP) is 5.84. The fourth-order valence-electron chi connectivity index (χ4n) is 3.16. The normalized spacial score (nSPS) is 11.7. The van der Waals surface area contributed by atoms with Crippen LogP contribution in [0.25, 0.3) is 10.2 Å². The number of para-hydroxylation sites is 1. The van der Waals surface area contributed by atoms with Crippen molar-refractivity contribution in [1.29, 1.82) is 0 Å². The van der Waals surface area contributed by atoms with E-state index in [0.29, 0.717) is 11.3 Å². The Kier molecular flexibility index (Phi) is 7.49. The lowest BCUT2D eigenvalue weighted by Crippen LogP contribution is -2.30. The quantitative estimate of drug-likeness (QED) is 0.247. The van der Waals surface area contributed by atoms with Crippen molar-refractivity contribution in [2.45, 2.75) is 23.1 Å². The summed E-state index contributed by atoms with van der Waals surface area (Å²) in [6.45, 7) is 1.56. The number of anilines is 2. The number of carbonyl (C=O) groups is 2. The predicted molar refractivity (Wildman–Crippen MR) is 140 cm³/mol. The maximum Gasteiger partial charge on any atom is 0.338 e. The van der Waals surface area contributed by atoms with Gasteiger partial charge in [-0.2, -0.15) is 0 Å². The van der Waals surface area contributed by atoms with Crippen LogP contribution < -0.4 is 10.2 Å². The van der Waals surface area contributed by atoms with Crippen molar-refractivity contribution in [3.8, 4) is 0 Å². The van der Waals surface area contributed by atoms with Crippen molar-refractivity contribution in [3.05, 3.63) is 83.9 Å². The summed E-state index contributed by atoms with van der Waals surface area (Å²) in [6.07, 6.45) is -0.921. The Morgan fingerprint density at radius 2 is 1.74 bits per heavy atom. The average Bonchev–Trinajstić information content (AvgIpc) is 3.26. The van der Waals surface area contributed by atoms with Crippen molar-refractivity contribution in [1.82, 2.24) is 4.98 Å². The van der Waals surface area contributed by atoms with Gasteiger partial charge in [-0.05, 0) is 61.0 Å². The smallest absolute Gasteiger partial charge is 0.338 e. The van der Waals surface area contributed by atoms with Gasteiger partial charge >= 0.3 is 5.97 Å². The van der Waals surface area contributed by atoms with Crippen LogP contribution in [0.15, 0.2) is 77.1 Å². The third kappa shape index (κ3) is 5.95. The number of hydrogen-bond donors (Lipinski definition) is 1. The van der Waals surface area contributed by atoms with Crippen LogP contribution in [0.1, 0.15) is 22.8 Å². The van der Waals surface area contributed by atoms with E-state index in [0.717, 1.165) is 26.9 Å². The Balaban J connectivity index is 1.28. The highest BCUT2D eigenvalue weighted by Gasteiger charge is 2.19. The van der Waals surface area contributed by atoms with Gasteiger partial charge in [0, 0.05) is 31.2 Å². The molecule has 0 fully saturated rings. The molecule has 1 amide bonds. The van der Waals surface area contributed by atoms with Gasteiger partial charge in [0.05, 0.1) is 15.8 Å². The average molecular weight is 492 g/mol. The zero-order valence-corrected chi connectivity index (χ0v) is 20.8. The number of nitrogens with zero attached hydrogens (tertiary/aromatic N) is 2. The van der Waals surface area contributed by atoms with Gasteiger partial charge in [-0.25, -0.2) is 9.78 Å². The number of hydrogen-bond acceptors (Lipinski definition) is 7. The molecule has 4 rings (SSSR count). The summed E-state index contributed by atoms with van der Waals surface area (Å²) in [6, 6.07) is 22.8. The van der Waals surface area contributed by atoms with Crippen molar-refractivity contribution < 1.29 is 14.3 Å². The minimum atomic E-state index is -0.921. The third-order valence-corrected chi connectivity index (χ3v) is 7.38. The number of benzene rings is 3. The van der Waals surface area contributed by atoms with Gasteiger partial charge in [0.15, 0.2) is 10.4 Å². The van der Waals surface area contributed by atoms with E-state index in [2.05, 4.69) is 16.4 Å². The van der Waals surface area contributed by atoms with E-state index in [1.807, 2.05) is 73.6 Å². The Morgan fingerprint density at radius 1 is 1.03 bits per heavy atom. The minimum Gasteiger partial charge on any atom is -0.449 e. The number of thioether (sulfide) groups is 1. The summed E-state index contributed by atoms with van der Waals surface area (Å²) in [5.41, 5.74) is 4.17. The highest BCUT2D eigenvalue weighted by atomic mass is 32.2. The second kappa shape index (κ2) is 10.7. The van der Waals surface area contributed by atoms with E-state index in [1.165, 1.54) is 4.70 Å². The molecule has 6 nitrogen and oxygen atoms in total. The van der Waals surface area contributed by atoms with Crippen molar-refractivity contribution >= 4 is 56.6 Å². The van der Waals surface area contributed by atoms with Gasteiger partial charge in [-0.1, -0.05) is 36.0 Å². The molecule has 0 saturated carbocycles. The van der Waals surface area contributed by atoms with Crippen LogP contribution in [0.5, 0.6) is 0 Å². The molecule has 1 heterocycles. The van der Waals surface area contributed by atoms with Crippen LogP contribution in [-0.2, 0) is 15.3 Å². The highest BCUT2D eigenvalue weighted by Crippen LogP contribution is 2.31. The fraction of sp³-hybridized carbons (Fsp3) is 0.192. The molecule has 174 valence electrons. The number of thiazole rings is 1. The number of aromatic nitrogens is 1. The summed E-state index contributed by atoms with van der Waals surface area (Å²) in [7, 11) is 3.90. The van der Waals surface area contributed by atoms with Gasteiger partial charge in [0.1, 0.15) is 0 Å². The number of ether oxygens (including phenoxy) is 1. The Morgan fingerprint density at radius 3 is 2.41 bits per heavy atom. The second-order valence-electron chi connectivity index (χ2n) is 7.91.